The highest BCUT2D eigenvalue weighted by atomic mass is 35.5. The molecule has 0 radical (unpaired) electrons. The number of amides is 1. The summed E-state index contributed by atoms with van der Waals surface area (Å²) in [6, 6.07) is 16.4. The summed E-state index contributed by atoms with van der Waals surface area (Å²) in [6.07, 6.45) is 0. The Labute approximate surface area is 213 Å². The monoisotopic (exact) mass is 511 g/mol. The molecule has 0 saturated carbocycles. The highest BCUT2D eigenvalue weighted by molar-refractivity contribution is 6.51. The van der Waals surface area contributed by atoms with E-state index in [2.05, 4.69) is 0 Å². The Morgan fingerprint density at radius 3 is 2.34 bits per heavy atom. The Hall–Kier alpha value is -3.48. The standard InChI is InChI=1S/C27H23Cl2NO5/c1-15(2)14-35-20-9-7-18(8-10-20)30-24(16-4-3-5-19(31)12-16)23(26(33)27(30)34)25(32)17-6-11-21(28)22(29)13-17/h3-13,15,24,31-32H,14H2,1-2H3/b25-23-. The van der Waals surface area contributed by atoms with Gasteiger partial charge in [-0.15, -0.1) is 0 Å². The molecule has 1 heterocycles. The van der Waals surface area contributed by atoms with Crippen molar-refractivity contribution in [3.63, 3.8) is 0 Å². The van der Waals surface area contributed by atoms with Crippen molar-refractivity contribution in [3.05, 3.63) is 93.5 Å². The fraction of sp³-hybridized carbons (Fsp3) is 0.185. The van der Waals surface area contributed by atoms with Gasteiger partial charge in [0.2, 0.25) is 0 Å². The number of hydrogen-bond acceptors (Lipinski definition) is 5. The van der Waals surface area contributed by atoms with Crippen LogP contribution in [0, 0.1) is 5.92 Å². The largest absolute Gasteiger partial charge is 0.508 e. The van der Waals surface area contributed by atoms with Gasteiger partial charge in [0, 0.05) is 11.3 Å². The van der Waals surface area contributed by atoms with Crippen molar-refractivity contribution >= 4 is 46.3 Å². The zero-order valence-electron chi connectivity index (χ0n) is 19.0. The lowest BCUT2D eigenvalue weighted by molar-refractivity contribution is -0.132. The van der Waals surface area contributed by atoms with Gasteiger partial charge in [0.1, 0.15) is 17.3 Å². The molecule has 1 aliphatic rings. The highest BCUT2D eigenvalue weighted by Gasteiger charge is 2.47. The molecule has 1 fully saturated rings. The maximum absolute atomic E-state index is 13.2. The Balaban J connectivity index is 1.84. The van der Waals surface area contributed by atoms with E-state index < -0.39 is 23.5 Å². The predicted molar refractivity (Wildman–Crippen MR) is 136 cm³/mol. The van der Waals surface area contributed by atoms with Gasteiger partial charge in [-0.05, 0) is 66.1 Å². The molecule has 1 aliphatic heterocycles. The summed E-state index contributed by atoms with van der Waals surface area (Å²) >= 11 is 12.1. The minimum Gasteiger partial charge on any atom is -0.508 e. The number of Topliss-reactive ketones (excluding diaryl/α,β-unsaturated/α-hetero) is 1. The molecule has 3 aromatic carbocycles. The number of benzene rings is 3. The summed E-state index contributed by atoms with van der Waals surface area (Å²) in [7, 11) is 0. The SMILES string of the molecule is CC(C)COc1ccc(N2C(=O)C(=O)/C(=C(\O)c3ccc(Cl)c(Cl)c3)C2c2cccc(O)c2)cc1. The molecule has 180 valence electrons. The molecule has 6 nitrogen and oxygen atoms in total. The number of anilines is 1. The molecule has 0 aromatic heterocycles. The van der Waals surface area contributed by atoms with Crippen LogP contribution in [-0.4, -0.2) is 28.5 Å². The molecular weight excluding hydrogens is 489 g/mol. The lowest BCUT2D eigenvalue weighted by Crippen LogP contribution is -2.29. The first-order chi connectivity index (χ1) is 16.7. The molecule has 0 aliphatic carbocycles. The van der Waals surface area contributed by atoms with Crippen molar-refractivity contribution in [3.8, 4) is 11.5 Å². The van der Waals surface area contributed by atoms with Crippen molar-refractivity contribution < 1.29 is 24.5 Å². The summed E-state index contributed by atoms with van der Waals surface area (Å²) < 4.78 is 5.72. The lowest BCUT2D eigenvalue weighted by atomic mass is 9.95. The second-order valence-corrected chi connectivity index (χ2v) is 9.41. The van der Waals surface area contributed by atoms with Gasteiger partial charge in [-0.3, -0.25) is 14.5 Å². The summed E-state index contributed by atoms with van der Waals surface area (Å²) in [4.78, 5) is 27.7. The minimum absolute atomic E-state index is 0.0416. The van der Waals surface area contributed by atoms with Gasteiger partial charge < -0.3 is 14.9 Å². The Morgan fingerprint density at radius 2 is 1.71 bits per heavy atom. The number of ketones is 1. The van der Waals surface area contributed by atoms with E-state index in [1.807, 2.05) is 13.8 Å². The molecule has 1 unspecified atom stereocenters. The summed E-state index contributed by atoms with van der Waals surface area (Å²) in [5.74, 6) is -1.13. The van der Waals surface area contributed by atoms with Crippen LogP contribution >= 0.6 is 23.2 Å². The van der Waals surface area contributed by atoms with Gasteiger partial charge in [0.15, 0.2) is 0 Å². The number of carbonyl (C=O) groups is 2. The molecule has 2 N–H and O–H groups in total. The maximum atomic E-state index is 13.2. The van der Waals surface area contributed by atoms with Gasteiger partial charge in [-0.2, -0.15) is 0 Å². The number of nitrogens with zero attached hydrogens (tertiary/aromatic N) is 1. The second kappa shape index (κ2) is 10.0. The first-order valence-corrected chi connectivity index (χ1v) is 11.7. The first kappa shape index (κ1) is 24.6. The van der Waals surface area contributed by atoms with Crippen LogP contribution in [-0.2, 0) is 9.59 Å². The molecule has 4 rings (SSSR count). The van der Waals surface area contributed by atoms with E-state index in [0.29, 0.717) is 29.5 Å². The number of ether oxygens (including phenoxy) is 1. The zero-order valence-corrected chi connectivity index (χ0v) is 20.5. The van der Waals surface area contributed by atoms with Gasteiger partial charge in [-0.1, -0.05) is 49.2 Å². The fourth-order valence-corrected chi connectivity index (χ4v) is 4.17. The number of phenols is 1. The number of hydrogen-bond donors (Lipinski definition) is 2. The van der Waals surface area contributed by atoms with Crippen molar-refractivity contribution in [1.82, 2.24) is 0 Å². The van der Waals surface area contributed by atoms with Crippen LogP contribution in [0.1, 0.15) is 31.0 Å². The molecule has 1 saturated heterocycles. The third-order valence-electron chi connectivity index (χ3n) is 5.52. The number of halogens is 2. The molecule has 35 heavy (non-hydrogen) atoms. The third-order valence-corrected chi connectivity index (χ3v) is 6.26. The van der Waals surface area contributed by atoms with Crippen LogP contribution in [0.4, 0.5) is 5.69 Å². The number of rotatable bonds is 6. The van der Waals surface area contributed by atoms with Crippen molar-refractivity contribution in [2.45, 2.75) is 19.9 Å². The van der Waals surface area contributed by atoms with Crippen LogP contribution in [0.15, 0.2) is 72.3 Å². The van der Waals surface area contributed by atoms with Crippen molar-refractivity contribution in [2.75, 3.05) is 11.5 Å². The van der Waals surface area contributed by atoms with E-state index in [1.54, 1.807) is 36.4 Å². The van der Waals surface area contributed by atoms with Crippen LogP contribution in [0.2, 0.25) is 10.0 Å². The Morgan fingerprint density at radius 1 is 1.00 bits per heavy atom. The van der Waals surface area contributed by atoms with E-state index in [9.17, 15) is 19.8 Å². The zero-order chi connectivity index (χ0) is 25.3. The molecule has 0 bridgehead atoms. The smallest absolute Gasteiger partial charge is 0.300 e. The molecular formula is C27H23Cl2NO5. The average molecular weight is 512 g/mol. The van der Waals surface area contributed by atoms with Gasteiger partial charge in [0.25, 0.3) is 11.7 Å². The van der Waals surface area contributed by atoms with E-state index >= 15 is 0 Å². The quantitative estimate of drug-likeness (QED) is 0.228. The number of aliphatic hydroxyl groups excluding tert-OH is 1. The summed E-state index contributed by atoms with van der Waals surface area (Å²) in [5, 5.41) is 21.7. The van der Waals surface area contributed by atoms with Gasteiger partial charge in [0.05, 0.1) is 28.3 Å². The van der Waals surface area contributed by atoms with E-state index in [4.69, 9.17) is 27.9 Å². The minimum atomic E-state index is -0.987. The van der Waals surface area contributed by atoms with Crippen LogP contribution < -0.4 is 9.64 Å². The molecule has 8 heteroatoms. The molecule has 3 aromatic rings. The van der Waals surface area contributed by atoms with Crippen LogP contribution in [0.5, 0.6) is 11.5 Å². The lowest BCUT2D eigenvalue weighted by Gasteiger charge is -2.25. The molecule has 1 atom stereocenters. The van der Waals surface area contributed by atoms with E-state index in [1.165, 1.54) is 35.2 Å². The Kier molecular flexibility index (Phi) is 7.05. The van der Waals surface area contributed by atoms with Gasteiger partial charge in [-0.25, -0.2) is 0 Å². The first-order valence-electron chi connectivity index (χ1n) is 11.0. The number of phenolic OH excluding ortho intramolecular Hbond substituents is 1. The second-order valence-electron chi connectivity index (χ2n) is 8.59. The fourth-order valence-electron chi connectivity index (χ4n) is 3.87. The Bertz CT molecular complexity index is 1320. The van der Waals surface area contributed by atoms with E-state index in [0.717, 1.165) is 0 Å². The average Bonchev–Trinajstić information content (AvgIpc) is 3.10. The maximum Gasteiger partial charge on any atom is 0.300 e. The number of aromatic hydroxyl groups is 1. The predicted octanol–water partition coefficient (Wildman–Crippen LogP) is 6.36. The van der Waals surface area contributed by atoms with Gasteiger partial charge >= 0.3 is 0 Å². The molecule has 0 spiro atoms. The van der Waals surface area contributed by atoms with Crippen LogP contribution in [0.3, 0.4) is 0 Å². The number of aliphatic hydroxyl groups is 1. The van der Waals surface area contributed by atoms with Crippen molar-refractivity contribution in [1.29, 1.82) is 0 Å². The third kappa shape index (κ3) is 4.99. The van der Waals surface area contributed by atoms with E-state index in [-0.39, 0.29) is 26.9 Å². The normalized spacial score (nSPS) is 17.3. The number of carbonyl (C=O) groups excluding carboxylic acids is 2. The topological polar surface area (TPSA) is 87.1 Å². The summed E-state index contributed by atoms with van der Waals surface area (Å²) in [5.41, 5.74) is 0.996. The molecule has 1 amide bonds. The highest BCUT2D eigenvalue weighted by Crippen LogP contribution is 2.43. The van der Waals surface area contributed by atoms with Crippen molar-refractivity contribution in [2.24, 2.45) is 5.92 Å². The summed E-state index contributed by atoms with van der Waals surface area (Å²) in [6.45, 7) is 4.62. The van der Waals surface area contributed by atoms with Crippen LogP contribution in [0.25, 0.3) is 5.76 Å².